The van der Waals surface area contributed by atoms with Gasteiger partial charge in [-0.25, -0.2) is 0 Å². The van der Waals surface area contributed by atoms with Crippen LogP contribution in [0.25, 0.3) is 0 Å². The summed E-state index contributed by atoms with van der Waals surface area (Å²) in [7, 11) is 0. The molecule has 0 saturated heterocycles. The van der Waals surface area contributed by atoms with Gasteiger partial charge in [-0.05, 0) is 63.0 Å². The predicted octanol–water partition coefficient (Wildman–Crippen LogP) is 6.99. The maximum absolute atomic E-state index is 13.6. The second-order valence-corrected chi connectivity index (χ2v) is 11.3. The van der Waals surface area contributed by atoms with Crippen LogP contribution in [0.4, 0.5) is 0 Å². The molecule has 0 spiro atoms. The zero-order valence-corrected chi connectivity index (χ0v) is 22.6. The van der Waals surface area contributed by atoms with E-state index in [2.05, 4.69) is 11.8 Å². The SMILES string of the molecule is CCCN1CCCCCCCN(C(=O)CCC2CCCC2)[C@@H]2CCCC[C@@H]2Oc2ccccc2C1=O. The molecule has 0 bridgehead atoms. The van der Waals surface area contributed by atoms with Gasteiger partial charge in [-0.15, -0.1) is 0 Å². The minimum Gasteiger partial charge on any atom is -0.487 e. The van der Waals surface area contributed by atoms with Crippen molar-refractivity contribution in [2.45, 2.75) is 122 Å². The van der Waals surface area contributed by atoms with Crippen LogP contribution in [0, 0.1) is 5.92 Å². The molecule has 3 aliphatic rings. The highest BCUT2D eigenvalue weighted by Crippen LogP contribution is 2.32. The van der Waals surface area contributed by atoms with Crippen molar-refractivity contribution in [2.24, 2.45) is 5.92 Å². The van der Waals surface area contributed by atoms with Gasteiger partial charge in [-0.3, -0.25) is 9.59 Å². The number of carbonyl (C=O) groups is 2. The summed E-state index contributed by atoms with van der Waals surface area (Å²) in [5.41, 5.74) is 0.671. The van der Waals surface area contributed by atoms with E-state index in [0.717, 1.165) is 89.8 Å². The number of ether oxygens (including phenoxy) is 1. The van der Waals surface area contributed by atoms with Gasteiger partial charge in [-0.1, -0.05) is 70.4 Å². The highest BCUT2D eigenvalue weighted by atomic mass is 16.5. The summed E-state index contributed by atoms with van der Waals surface area (Å²) in [6.45, 7) is 4.56. The number of nitrogens with zero attached hydrogens (tertiary/aromatic N) is 2. The number of amides is 2. The van der Waals surface area contributed by atoms with Crippen molar-refractivity contribution in [2.75, 3.05) is 19.6 Å². The van der Waals surface area contributed by atoms with Crippen LogP contribution in [0.3, 0.4) is 0 Å². The van der Waals surface area contributed by atoms with Crippen LogP contribution in [0.2, 0.25) is 0 Å². The van der Waals surface area contributed by atoms with E-state index >= 15 is 0 Å². The van der Waals surface area contributed by atoms with Crippen molar-refractivity contribution in [1.82, 2.24) is 9.80 Å². The lowest BCUT2D eigenvalue weighted by atomic mass is 9.90. The Labute approximate surface area is 218 Å². The first-order chi connectivity index (χ1) is 17.7. The predicted molar refractivity (Wildman–Crippen MR) is 145 cm³/mol. The van der Waals surface area contributed by atoms with Gasteiger partial charge in [0.05, 0.1) is 11.6 Å². The average Bonchev–Trinajstić information content (AvgIpc) is 3.42. The van der Waals surface area contributed by atoms with E-state index < -0.39 is 0 Å². The Bertz CT molecular complexity index is 835. The number of hydrogen-bond acceptors (Lipinski definition) is 3. The number of carbonyl (C=O) groups excluding carboxylic acids is 2. The summed E-state index contributed by atoms with van der Waals surface area (Å²) in [5.74, 6) is 1.83. The van der Waals surface area contributed by atoms with Crippen molar-refractivity contribution in [3.8, 4) is 5.75 Å². The summed E-state index contributed by atoms with van der Waals surface area (Å²) in [5, 5.41) is 0. The van der Waals surface area contributed by atoms with Crippen molar-refractivity contribution < 1.29 is 14.3 Å². The normalized spacial score (nSPS) is 24.9. The summed E-state index contributed by atoms with van der Waals surface area (Å²) in [6, 6.07) is 7.88. The Morgan fingerprint density at radius 2 is 1.58 bits per heavy atom. The number of fused-ring (bicyclic) bond motifs is 2. The molecule has 1 heterocycles. The molecule has 2 fully saturated rings. The molecule has 2 saturated carbocycles. The Kier molecular flexibility index (Phi) is 10.5. The highest BCUT2D eigenvalue weighted by Gasteiger charge is 2.35. The molecule has 4 rings (SSSR count). The largest absolute Gasteiger partial charge is 0.487 e. The quantitative estimate of drug-likeness (QED) is 0.441. The van der Waals surface area contributed by atoms with Crippen LogP contribution < -0.4 is 4.74 Å². The van der Waals surface area contributed by atoms with Crippen molar-refractivity contribution in [3.05, 3.63) is 29.8 Å². The molecule has 0 radical (unpaired) electrons. The van der Waals surface area contributed by atoms with Crippen LogP contribution in [-0.4, -0.2) is 53.4 Å². The monoisotopic (exact) mass is 496 g/mol. The lowest BCUT2D eigenvalue weighted by molar-refractivity contribution is -0.137. The third-order valence-electron chi connectivity index (χ3n) is 8.63. The van der Waals surface area contributed by atoms with Crippen LogP contribution >= 0.6 is 0 Å². The van der Waals surface area contributed by atoms with Crippen LogP contribution in [0.15, 0.2) is 24.3 Å². The van der Waals surface area contributed by atoms with Crippen LogP contribution in [-0.2, 0) is 4.79 Å². The number of rotatable bonds is 5. The fraction of sp³-hybridized carbons (Fsp3) is 0.742. The van der Waals surface area contributed by atoms with Gasteiger partial charge in [0.25, 0.3) is 5.91 Å². The summed E-state index contributed by atoms with van der Waals surface area (Å²) >= 11 is 0. The molecule has 1 aromatic carbocycles. The first-order valence-corrected chi connectivity index (χ1v) is 15.0. The standard InChI is InChI=1S/C31H48N2O3/c1-2-22-32-23-12-4-3-5-13-24-33(30(34)21-20-25-14-6-7-15-25)27-17-9-11-19-29(27)36-28-18-10-8-16-26(28)31(32)35/h8,10,16,18,25,27,29H,2-7,9,11-15,17,19-24H2,1H3/t27-,29+/m1/s1. The smallest absolute Gasteiger partial charge is 0.257 e. The second kappa shape index (κ2) is 14.0. The van der Waals surface area contributed by atoms with Crippen LogP contribution in [0.5, 0.6) is 5.75 Å². The van der Waals surface area contributed by atoms with Gasteiger partial charge in [-0.2, -0.15) is 0 Å². The molecule has 0 N–H and O–H groups in total. The van der Waals surface area contributed by atoms with Crippen LogP contribution in [0.1, 0.15) is 120 Å². The zero-order valence-electron chi connectivity index (χ0n) is 22.6. The minimum absolute atomic E-state index is 0.0483. The first-order valence-electron chi connectivity index (χ1n) is 15.0. The maximum Gasteiger partial charge on any atom is 0.257 e. The minimum atomic E-state index is -0.0483. The topological polar surface area (TPSA) is 49.9 Å². The number of para-hydroxylation sites is 1. The molecule has 0 aromatic heterocycles. The van der Waals surface area contributed by atoms with E-state index in [4.69, 9.17) is 4.74 Å². The molecule has 5 nitrogen and oxygen atoms in total. The van der Waals surface area contributed by atoms with Crippen molar-refractivity contribution in [3.63, 3.8) is 0 Å². The second-order valence-electron chi connectivity index (χ2n) is 11.3. The highest BCUT2D eigenvalue weighted by molar-refractivity contribution is 5.97. The number of hydrogen-bond donors (Lipinski definition) is 0. The number of benzene rings is 1. The van der Waals surface area contributed by atoms with Gasteiger partial charge in [0, 0.05) is 26.1 Å². The lowest BCUT2D eigenvalue weighted by Gasteiger charge is -2.40. The summed E-state index contributed by atoms with van der Waals surface area (Å²) < 4.78 is 6.69. The van der Waals surface area contributed by atoms with E-state index in [9.17, 15) is 9.59 Å². The summed E-state index contributed by atoms with van der Waals surface area (Å²) in [4.78, 5) is 31.4. The molecule has 2 amide bonds. The van der Waals surface area contributed by atoms with Gasteiger partial charge < -0.3 is 14.5 Å². The Morgan fingerprint density at radius 3 is 2.39 bits per heavy atom. The first kappa shape index (κ1) is 27.0. The van der Waals surface area contributed by atoms with Crippen molar-refractivity contribution >= 4 is 11.8 Å². The molecule has 36 heavy (non-hydrogen) atoms. The fourth-order valence-corrected chi connectivity index (χ4v) is 6.60. The molecule has 1 aromatic rings. The fourth-order valence-electron chi connectivity index (χ4n) is 6.60. The Morgan fingerprint density at radius 1 is 0.889 bits per heavy atom. The third-order valence-corrected chi connectivity index (χ3v) is 8.63. The Hall–Kier alpha value is -2.04. The molecule has 200 valence electrons. The Balaban J connectivity index is 1.56. The molecule has 5 heteroatoms. The molecular formula is C31H48N2O3. The van der Waals surface area contributed by atoms with E-state index in [1.54, 1.807) is 0 Å². The van der Waals surface area contributed by atoms with E-state index in [0.29, 0.717) is 23.6 Å². The van der Waals surface area contributed by atoms with Gasteiger partial charge in [0.15, 0.2) is 0 Å². The zero-order chi connectivity index (χ0) is 25.2. The van der Waals surface area contributed by atoms with Gasteiger partial charge >= 0.3 is 0 Å². The summed E-state index contributed by atoms with van der Waals surface area (Å²) in [6.07, 6.45) is 17.6. The van der Waals surface area contributed by atoms with E-state index in [-0.39, 0.29) is 18.1 Å². The lowest BCUT2D eigenvalue weighted by Crippen LogP contribution is -2.51. The van der Waals surface area contributed by atoms with Gasteiger partial charge in [0.1, 0.15) is 11.9 Å². The average molecular weight is 497 g/mol. The maximum atomic E-state index is 13.6. The molecule has 1 aliphatic heterocycles. The van der Waals surface area contributed by atoms with Crippen molar-refractivity contribution in [1.29, 1.82) is 0 Å². The molecule has 2 atom stereocenters. The van der Waals surface area contributed by atoms with E-state index in [1.807, 2.05) is 29.2 Å². The third kappa shape index (κ3) is 7.26. The molecular weight excluding hydrogens is 448 g/mol. The van der Waals surface area contributed by atoms with E-state index in [1.165, 1.54) is 32.1 Å². The van der Waals surface area contributed by atoms with Gasteiger partial charge in [0.2, 0.25) is 5.91 Å². The molecule has 2 aliphatic carbocycles. The molecule has 0 unspecified atom stereocenters.